The van der Waals surface area contributed by atoms with E-state index in [2.05, 4.69) is 58.9 Å². The van der Waals surface area contributed by atoms with Crippen molar-refractivity contribution < 1.29 is 9.90 Å². The molecule has 6 rings (SSSR count). The number of likely N-dealkylation sites (tertiary alicyclic amines) is 2. The lowest BCUT2D eigenvalue weighted by molar-refractivity contribution is -0.137. The Morgan fingerprint density at radius 1 is 0.933 bits per heavy atom. The number of rotatable bonds is 15. The quantitative estimate of drug-likeness (QED) is 0.207. The van der Waals surface area contributed by atoms with Crippen LogP contribution in [-0.2, 0) is 30.7 Å². The van der Waals surface area contributed by atoms with Crippen molar-refractivity contribution in [3.8, 4) is 0 Å². The smallest absolute Gasteiger partial charge is 0.303 e. The molecule has 2 aliphatic heterocycles. The van der Waals surface area contributed by atoms with Crippen molar-refractivity contribution in [2.24, 2.45) is 11.3 Å². The van der Waals surface area contributed by atoms with Crippen molar-refractivity contribution in [3.63, 3.8) is 0 Å². The van der Waals surface area contributed by atoms with Crippen molar-refractivity contribution in [1.82, 2.24) is 34.6 Å². The summed E-state index contributed by atoms with van der Waals surface area (Å²) >= 11 is 0. The van der Waals surface area contributed by atoms with Crippen molar-refractivity contribution >= 4 is 5.97 Å². The van der Waals surface area contributed by atoms with Crippen LogP contribution in [0.1, 0.15) is 87.0 Å². The predicted molar refractivity (Wildman–Crippen MR) is 177 cm³/mol. The highest BCUT2D eigenvalue weighted by Gasteiger charge is 2.41. The van der Waals surface area contributed by atoms with E-state index in [0.29, 0.717) is 17.8 Å². The Hall–Kier alpha value is -3.01. The van der Waals surface area contributed by atoms with Gasteiger partial charge in [0.05, 0.1) is 0 Å². The summed E-state index contributed by atoms with van der Waals surface area (Å²) in [5.74, 6) is 1.50. The van der Waals surface area contributed by atoms with Gasteiger partial charge in [0, 0.05) is 76.3 Å². The van der Waals surface area contributed by atoms with Gasteiger partial charge in [0.15, 0.2) is 0 Å². The van der Waals surface area contributed by atoms with E-state index >= 15 is 0 Å². The number of carboxylic acids is 1. The second kappa shape index (κ2) is 15.5. The van der Waals surface area contributed by atoms with Crippen molar-refractivity contribution in [1.29, 1.82) is 0 Å². The largest absolute Gasteiger partial charge is 0.481 e. The molecule has 244 valence electrons. The van der Waals surface area contributed by atoms with E-state index in [0.717, 1.165) is 56.7 Å². The molecule has 3 fully saturated rings. The first-order chi connectivity index (χ1) is 22.0. The summed E-state index contributed by atoms with van der Waals surface area (Å²) in [6.07, 6.45) is 21.0. The minimum absolute atomic E-state index is 0.187. The fraction of sp³-hybridized carbons (Fsp3) is 0.639. The molecule has 0 bridgehead atoms. The molecule has 9 nitrogen and oxygen atoms in total. The van der Waals surface area contributed by atoms with Gasteiger partial charge in [0.25, 0.3) is 0 Å². The van der Waals surface area contributed by atoms with E-state index in [1.54, 1.807) is 12.4 Å². The molecule has 0 amide bonds. The van der Waals surface area contributed by atoms with Gasteiger partial charge in [0.2, 0.25) is 0 Å². The number of nitrogens with zero attached hydrogens (tertiary/aromatic N) is 5. The molecule has 3 N–H and O–H groups in total. The van der Waals surface area contributed by atoms with Crippen LogP contribution < -0.4 is 0 Å². The molecule has 1 saturated carbocycles. The number of imidazole rings is 2. The van der Waals surface area contributed by atoms with Gasteiger partial charge in [-0.15, -0.1) is 0 Å². The van der Waals surface area contributed by atoms with Crippen molar-refractivity contribution in [3.05, 3.63) is 71.8 Å². The highest BCUT2D eigenvalue weighted by atomic mass is 16.4. The molecule has 0 unspecified atom stereocenters. The Bertz CT molecular complexity index is 1240. The molecule has 3 aliphatic rings. The average molecular weight is 616 g/mol. The van der Waals surface area contributed by atoms with E-state index < -0.39 is 5.97 Å². The van der Waals surface area contributed by atoms with Gasteiger partial charge in [-0.1, -0.05) is 43.5 Å². The SMILES string of the molecule is O=C(O)CCCN(Cc1ccc(CN2CCC3(CCN(C4CCCCC4)CC3)C2)cc1)CC(Cc1ncc[nH]1)Cc1ncc[nH]1. The summed E-state index contributed by atoms with van der Waals surface area (Å²) in [5.41, 5.74) is 3.20. The first kappa shape index (κ1) is 32.0. The first-order valence-electron chi connectivity index (χ1n) is 17.5. The van der Waals surface area contributed by atoms with E-state index in [4.69, 9.17) is 0 Å². The van der Waals surface area contributed by atoms with Gasteiger partial charge in [0.1, 0.15) is 11.6 Å². The van der Waals surface area contributed by atoms with E-state index in [-0.39, 0.29) is 6.42 Å². The zero-order valence-corrected chi connectivity index (χ0v) is 27.0. The van der Waals surface area contributed by atoms with Gasteiger partial charge in [-0.25, -0.2) is 9.97 Å². The Morgan fingerprint density at radius 3 is 2.20 bits per heavy atom. The van der Waals surface area contributed by atoms with Crippen molar-refractivity contribution in [2.45, 2.75) is 96.2 Å². The zero-order valence-electron chi connectivity index (χ0n) is 27.0. The van der Waals surface area contributed by atoms with Crippen LogP contribution in [0.5, 0.6) is 0 Å². The lowest BCUT2D eigenvalue weighted by Crippen LogP contribution is -2.46. The van der Waals surface area contributed by atoms with Gasteiger partial charge in [-0.2, -0.15) is 0 Å². The Labute approximate surface area is 268 Å². The molecule has 1 spiro atoms. The number of aliphatic carboxylic acids is 1. The number of aromatic amines is 2. The normalized spacial score (nSPS) is 19.7. The monoisotopic (exact) mass is 615 g/mol. The van der Waals surface area contributed by atoms with Crippen LogP contribution in [0.4, 0.5) is 0 Å². The number of piperidine rings is 1. The number of H-pyrrole nitrogens is 2. The van der Waals surface area contributed by atoms with Crippen molar-refractivity contribution in [2.75, 3.05) is 39.3 Å². The third kappa shape index (κ3) is 9.27. The minimum atomic E-state index is -0.736. The highest BCUT2D eigenvalue weighted by molar-refractivity contribution is 5.66. The Balaban J connectivity index is 1.03. The summed E-state index contributed by atoms with van der Waals surface area (Å²) in [6, 6.07) is 10.0. The van der Waals surface area contributed by atoms with Crippen LogP contribution in [0.15, 0.2) is 49.1 Å². The number of nitrogens with one attached hydrogen (secondary N) is 2. The molecule has 9 heteroatoms. The number of carboxylic acid groups (broad SMARTS) is 1. The topological polar surface area (TPSA) is 104 Å². The second-order valence-corrected chi connectivity index (χ2v) is 14.2. The number of benzene rings is 1. The molecular weight excluding hydrogens is 562 g/mol. The molecular formula is C36H53N7O2. The molecule has 0 radical (unpaired) electrons. The predicted octanol–water partition coefficient (Wildman–Crippen LogP) is 5.52. The second-order valence-electron chi connectivity index (χ2n) is 14.2. The lowest BCUT2D eigenvalue weighted by Gasteiger charge is -2.43. The van der Waals surface area contributed by atoms with E-state index in [1.807, 2.05) is 12.4 Å². The molecule has 2 aromatic heterocycles. The van der Waals surface area contributed by atoms with Crippen LogP contribution in [0.25, 0.3) is 0 Å². The number of carbonyl (C=O) groups is 1. The van der Waals surface area contributed by atoms with E-state index in [1.165, 1.54) is 88.7 Å². The van der Waals surface area contributed by atoms with Crippen LogP contribution in [-0.4, -0.2) is 91.0 Å². The average Bonchev–Trinajstić information content (AvgIpc) is 3.83. The van der Waals surface area contributed by atoms with Crippen LogP contribution >= 0.6 is 0 Å². The standard InChI is InChI=1S/C36H53N7O2/c44-35(45)7-4-19-41(27-31(23-33-37-15-16-38-33)24-34-39-17-18-40-34)25-29-8-10-30(11-9-29)26-42-20-12-36(28-42)13-21-43(22-14-36)32-5-2-1-3-6-32/h8-11,15-18,31-32H,1-7,12-14,19-28H2,(H,37,38)(H,39,40)(H,44,45). The minimum Gasteiger partial charge on any atom is -0.481 e. The fourth-order valence-electron chi connectivity index (χ4n) is 8.27. The Morgan fingerprint density at radius 2 is 1.58 bits per heavy atom. The maximum Gasteiger partial charge on any atom is 0.303 e. The van der Waals surface area contributed by atoms with Crippen LogP contribution in [0.2, 0.25) is 0 Å². The summed E-state index contributed by atoms with van der Waals surface area (Å²) in [7, 11) is 0. The fourth-order valence-corrected chi connectivity index (χ4v) is 8.27. The molecule has 45 heavy (non-hydrogen) atoms. The molecule has 2 saturated heterocycles. The molecule has 4 heterocycles. The summed E-state index contributed by atoms with van der Waals surface area (Å²) in [6.45, 7) is 8.50. The molecule has 1 aliphatic carbocycles. The van der Waals surface area contributed by atoms with Gasteiger partial charge in [-0.05, 0) is 87.2 Å². The van der Waals surface area contributed by atoms with Gasteiger partial charge in [-0.3, -0.25) is 14.6 Å². The third-order valence-electron chi connectivity index (χ3n) is 10.8. The van der Waals surface area contributed by atoms with Crippen LogP contribution in [0.3, 0.4) is 0 Å². The first-order valence-corrected chi connectivity index (χ1v) is 17.5. The maximum atomic E-state index is 11.3. The van der Waals surface area contributed by atoms with E-state index in [9.17, 15) is 9.90 Å². The zero-order chi connectivity index (χ0) is 30.9. The summed E-state index contributed by atoms with van der Waals surface area (Å²) in [5, 5.41) is 9.29. The number of aromatic nitrogens is 4. The molecule has 3 aromatic rings. The van der Waals surface area contributed by atoms with Crippen LogP contribution in [0, 0.1) is 11.3 Å². The molecule has 1 aromatic carbocycles. The summed E-state index contributed by atoms with van der Waals surface area (Å²) < 4.78 is 0. The molecule has 0 atom stereocenters. The lowest BCUT2D eigenvalue weighted by atomic mass is 9.77. The third-order valence-corrected chi connectivity index (χ3v) is 10.8. The van der Waals surface area contributed by atoms with Gasteiger partial charge >= 0.3 is 5.97 Å². The maximum absolute atomic E-state index is 11.3. The highest BCUT2D eigenvalue weighted by Crippen LogP contribution is 2.42. The Kier molecular flexibility index (Phi) is 11.0. The van der Waals surface area contributed by atoms with Gasteiger partial charge < -0.3 is 20.0 Å². The number of hydrogen-bond donors (Lipinski definition) is 3. The number of hydrogen-bond acceptors (Lipinski definition) is 6. The summed E-state index contributed by atoms with van der Waals surface area (Å²) in [4.78, 5) is 34.7.